The molecule has 4 aromatic rings. The summed E-state index contributed by atoms with van der Waals surface area (Å²) in [7, 11) is 0. The molecule has 2 unspecified atom stereocenters. The number of benzene rings is 3. The number of fused-ring (bicyclic) bond motifs is 3. The molecule has 0 saturated carbocycles. The van der Waals surface area contributed by atoms with E-state index >= 15 is 0 Å². The molecule has 0 saturated heterocycles. The van der Waals surface area contributed by atoms with Crippen LogP contribution in [0.3, 0.4) is 0 Å². The third-order valence-electron chi connectivity index (χ3n) is 6.11. The summed E-state index contributed by atoms with van der Waals surface area (Å²) >= 11 is 6.31. The zero-order valence-electron chi connectivity index (χ0n) is 20.7. The molecule has 2 heterocycles. The molecule has 0 N–H and O–H groups in total. The van der Waals surface area contributed by atoms with E-state index in [-0.39, 0.29) is 24.5 Å². The molecule has 1 aromatic heterocycles. The first-order valence-corrected chi connectivity index (χ1v) is 12.5. The predicted octanol–water partition coefficient (Wildman–Crippen LogP) is 6.63. The largest absolute Gasteiger partial charge is 0.489 e. The van der Waals surface area contributed by atoms with Crippen molar-refractivity contribution >= 4 is 17.6 Å². The van der Waals surface area contributed by atoms with E-state index in [2.05, 4.69) is 10.2 Å². The lowest BCUT2D eigenvalue weighted by atomic mass is 9.99. The summed E-state index contributed by atoms with van der Waals surface area (Å²) in [4.78, 5) is 12.5. The Bertz CT molecular complexity index is 1480. The van der Waals surface area contributed by atoms with E-state index in [1.807, 2.05) is 30.3 Å². The highest BCUT2D eigenvalue weighted by molar-refractivity contribution is 6.30. The molecule has 39 heavy (non-hydrogen) atoms. The Labute approximate surface area is 227 Å². The molecule has 0 bridgehead atoms. The number of aromatic nitrogens is 3. The molecular weight excluding hydrogens is 535 g/mol. The number of carbonyl (C=O) groups excluding carboxylic acids is 1. The number of carbonyl (C=O) groups is 1. The summed E-state index contributed by atoms with van der Waals surface area (Å²) in [6.45, 7) is 2.06. The Morgan fingerprint density at radius 1 is 1.05 bits per heavy atom. The van der Waals surface area contributed by atoms with Crippen molar-refractivity contribution in [3.8, 4) is 11.4 Å². The monoisotopic (exact) mass is 557 g/mol. The van der Waals surface area contributed by atoms with Gasteiger partial charge in [-0.3, -0.25) is 9.36 Å². The molecule has 0 amide bonds. The minimum Gasteiger partial charge on any atom is -0.489 e. The molecule has 11 heteroatoms. The Hall–Kier alpha value is -3.89. The number of halogens is 4. The number of nitrogens with zero attached hydrogens (tertiary/aromatic N) is 3. The summed E-state index contributed by atoms with van der Waals surface area (Å²) in [6.07, 6.45) is -7.30. The average Bonchev–Trinajstić information content (AvgIpc) is 3.32. The van der Waals surface area contributed by atoms with Crippen LogP contribution >= 0.6 is 11.6 Å². The fraction of sp³-hybridized carbons (Fsp3) is 0.250. The van der Waals surface area contributed by atoms with Crippen molar-refractivity contribution in [3.05, 3.63) is 106 Å². The standard InChI is InChI=1S/C28H23ClF3N3O4/c1-2-37-24(36)15-23-26-33-34-27(28(30,31)32)35(26)22-12-11-19(29)14-21(22)25(39-23)18-9-6-10-20(13-18)38-16-17-7-4-3-5-8-17/h3-14,23,25H,2,15-16H2,1H3. The third-order valence-corrected chi connectivity index (χ3v) is 6.34. The lowest BCUT2D eigenvalue weighted by molar-refractivity contribution is -0.147. The molecule has 0 aliphatic carbocycles. The SMILES string of the molecule is CCOC(=O)CC1OC(c2cccc(OCc3ccccc3)c2)c2cc(Cl)ccc2-n2c1nnc2C(F)(F)F. The number of hydrogen-bond acceptors (Lipinski definition) is 6. The van der Waals surface area contributed by atoms with Crippen molar-refractivity contribution in [2.24, 2.45) is 0 Å². The minimum absolute atomic E-state index is 0.103. The van der Waals surface area contributed by atoms with Crippen LogP contribution in [-0.2, 0) is 27.1 Å². The zero-order valence-corrected chi connectivity index (χ0v) is 21.4. The maximum absolute atomic E-state index is 14.0. The summed E-state index contributed by atoms with van der Waals surface area (Å²) in [5, 5.41) is 7.51. The summed E-state index contributed by atoms with van der Waals surface area (Å²) in [5.41, 5.74) is 2.04. The molecule has 3 aromatic carbocycles. The van der Waals surface area contributed by atoms with Gasteiger partial charge in [0.1, 0.15) is 24.6 Å². The number of esters is 1. The highest BCUT2D eigenvalue weighted by Crippen LogP contribution is 2.44. The third kappa shape index (κ3) is 5.76. The van der Waals surface area contributed by atoms with Crippen LogP contribution in [0.25, 0.3) is 5.69 Å². The van der Waals surface area contributed by atoms with Crippen molar-refractivity contribution in [1.82, 2.24) is 14.8 Å². The fourth-order valence-electron chi connectivity index (χ4n) is 4.44. The van der Waals surface area contributed by atoms with Crippen LogP contribution in [0.5, 0.6) is 5.75 Å². The van der Waals surface area contributed by atoms with Crippen molar-refractivity contribution < 1.29 is 32.2 Å². The zero-order chi connectivity index (χ0) is 27.6. The van der Waals surface area contributed by atoms with E-state index in [9.17, 15) is 18.0 Å². The molecule has 202 valence electrons. The maximum Gasteiger partial charge on any atom is 0.452 e. The van der Waals surface area contributed by atoms with Gasteiger partial charge in [0.05, 0.1) is 18.7 Å². The van der Waals surface area contributed by atoms with E-state index in [1.165, 1.54) is 18.2 Å². The summed E-state index contributed by atoms with van der Waals surface area (Å²) < 4.78 is 60.3. The first-order chi connectivity index (χ1) is 18.7. The van der Waals surface area contributed by atoms with E-state index < -0.39 is 30.2 Å². The summed E-state index contributed by atoms with van der Waals surface area (Å²) in [5.74, 6) is -1.52. The minimum atomic E-state index is -4.82. The molecule has 0 spiro atoms. The van der Waals surface area contributed by atoms with Crippen LogP contribution in [-0.4, -0.2) is 27.3 Å². The lowest BCUT2D eigenvalue weighted by Crippen LogP contribution is -2.18. The second-order valence-corrected chi connectivity index (χ2v) is 9.22. The van der Waals surface area contributed by atoms with Crippen LogP contribution in [0.15, 0.2) is 72.8 Å². The highest BCUT2D eigenvalue weighted by Gasteiger charge is 2.43. The Balaban J connectivity index is 1.60. The van der Waals surface area contributed by atoms with Crippen molar-refractivity contribution in [1.29, 1.82) is 0 Å². The Kier molecular flexibility index (Phi) is 7.58. The van der Waals surface area contributed by atoms with Gasteiger partial charge < -0.3 is 14.2 Å². The molecule has 1 aliphatic heterocycles. The molecule has 7 nitrogen and oxygen atoms in total. The number of rotatable bonds is 7. The van der Waals surface area contributed by atoms with Crippen molar-refractivity contribution in [3.63, 3.8) is 0 Å². The van der Waals surface area contributed by atoms with Crippen molar-refractivity contribution in [2.75, 3.05) is 6.61 Å². The van der Waals surface area contributed by atoms with Crippen molar-refractivity contribution in [2.45, 2.75) is 38.3 Å². The molecular formula is C28H23ClF3N3O4. The van der Waals surface area contributed by atoms with Crippen LogP contribution in [0.2, 0.25) is 5.02 Å². The highest BCUT2D eigenvalue weighted by atomic mass is 35.5. The quantitative estimate of drug-likeness (QED) is 0.237. The van der Waals surface area contributed by atoms with E-state index in [0.29, 0.717) is 28.5 Å². The van der Waals surface area contributed by atoms with Gasteiger partial charge in [-0.1, -0.05) is 54.1 Å². The normalized spacial score (nSPS) is 16.6. The average molecular weight is 558 g/mol. The molecule has 2 atom stereocenters. The lowest BCUT2D eigenvalue weighted by Gasteiger charge is -2.23. The molecule has 0 radical (unpaired) electrons. The second kappa shape index (κ2) is 11.1. The van der Waals surface area contributed by atoms with Gasteiger partial charge in [-0.15, -0.1) is 10.2 Å². The summed E-state index contributed by atoms with van der Waals surface area (Å²) in [6, 6.07) is 21.1. The molecule has 5 rings (SSSR count). The van der Waals surface area contributed by atoms with Gasteiger partial charge in [-0.25, -0.2) is 0 Å². The van der Waals surface area contributed by atoms with Crippen LogP contribution < -0.4 is 4.74 Å². The fourth-order valence-corrected chi connectivity index (χ4v) is 4.62. The number of ether oxygens (including phenoxy) is 3. The Morgan fingerprint density at radius 3 is 2.59 bits per heavy atom. The van der Waals surface area contributed by atoms with Crippen LogP contribution in [0.4, 0.5) is 13.2 Å². The van der Waals surface area contributed by atoms with E-state index in [1.54, 1.807) is 31.2 Å². The van der Waals surface area contributed by atoms with Crippen LogP contribution in [0, 0.1) is 0 Å². The van der Waals surface area contributed by atoms with E-state index in [4.69, 9.17) is 25.8 Å². The van der Waals surface area contributed by atoms with Gasteiger partial charge in [-0.05, 0) is 48.4 Å². The van der Waals surface area contributed by atoms with E-state index in [0.717, 1.165) is 10.1 Å². The second-order valence-electron chi connectivity index (χ2n) is 8.78. The topological polar surface area (TPSA) is 75.5 Å². The van der Waals surface area contributed by atoms with Gasteiger partial charge in [0, 0.05) is 10.6 Å². The van der Waals surface area contributed by atoms with Gasteiger partial charge >= 0.3 is 12.1 Å². The maximum atomic E-state index is 14.0. The first-order valence-electron chi connectivity index (χ1n) is 12.1. The first kappa shape index (κ1) is 26.7. The Morgan fingerprint density at radius 2 is 1.85 bits per heavy atom. The van der Waals surface area contributed by atoms with Gasteiger partial charge in [0.15, 0.2) is 5.82 Å². The number of hydrogen-bond donors (Lipinski definition) is 0. The van der Waals surface area contributed by atoms with Gasteiger partial charge in [0.25, 0.3) is 0 Å². The number of alkyl halides is 3. The molecule has 0 fully saturated rings. The molecule has 1 aliphatic rings. The smallest absolute Gasteiger partial charge is 0.452 e. The van der Waals surface area contributed by atoms with Gasteiger partial charge in [0.2, 0.25) is 5.82 Å². The van der Waals surface area contributed by atoms with Crippen LogP contribution in [0.1, 0.15) is 53.9 Å². The van der Waals surface area contributed by atoms with Gasteiger partial charge in [-0.2, -0.15) is 13.2 Å². The predicted molar refractivity (Wildman–Crippen MR) is 136 cm³/mol.